The lowest BCUT2D eigenvalue weighted by molar-refractivity contribution is 0.0595. The maximum atomic E-state index is 12.5. The molecule has 1 fully saturated rings. The summed E-state index contributed by atoms with van der Waals surface area (Å²) in [5.74, 6) is -0.301. The van der Waals surface area contributed by atoms with Gasteiger partial charge in [-0.05, 0) is 26.8 Å². The molecule has 8 heteroatoms. The third-order valence-electron chi connectivity index (χ3n) is 3.25. The fourth-order valence-corrected chi connectivity index (χ4v) is 4.03. The standard InChI is InChI=1S/C12H18N2O5S/c1-7-10(12(15)18-3)11(8(2)19-7)20(16,17)14-9-4-5-13-6-9/h9,13-14H,4-6H2,1-3H3/t9-/m1/s1. The van der Waals surface area contributed by atoms with Crippen molar-refractivity contribution >= 4 is 16.0 Å². The number of methoxy groups -OCH3 is 1. The molecule has 1 aromatic heterocycles. The van der Waals surface area contributed by atoms with Gasteiger partial charge >= 0.3 is 5.97 Å². The van der Waals surface area contributed by atoms with E-state index in [1.165, 1.54) is 21.0 Å². The van der Waals surface area contributed by atoms with Gasteiger partial charge in [0.2, 0.25) is 10.0 Å². The number of hydrogen-bond donors (Lipinski definition) is 2. The van der Waals surface area contributed by atoms with Crippen LogP contribution >= 0.6 is 0 Å². The van der Waals surface area contributed by atoms with Crippen molar-refractivity contribution in [3.05, 3.63) is 17.1 Å². The minimum atomic E-state index is -3.82. The average Bonchev–Trinajstić information content (AvgIpc) is 2.95. The second-order valence-electron chi connectivity index (χ2n) is 4.72. The summed E-state index contributed by atoms with van der Waals surface area (Å²) in [7, 11) is -2.62. The molecule has 0 aromatic carbocycles. The Kier molecular flexibility index (Phi) is 4.17. The van der Waals surface area contributed by atoms with Crippen LogP contribution in [0, 0.1) is 13.8 Å². The van der Waals surface area contributed by atoms with Crippen molar-refractivity contribution in [1.29, 1.82) is 0 Å². The summed E-state index contributed by atoms with van der Waals surface area (Å²) < 4.78 is 37.4. The molecule has 1 aliphatic rings. The Morgan fingerprint density at radius 3 is 2.65 bits per heavy atom. The molecule has 0 amide bonds. The summed E-state index contributed by atoms with van der Waals surface area (Å²) in [5.41, 5.74) is -0.0385. The summed E-state index contributed by atoms with van der Waals surface area (Å²) in [6.45, 7) is 4.39. The smallest absolute Gasteiger partial charge is 0.342 e. The minimum Gasteiger partial charge on any atom is -0.465 e. The first-order valence-electron chi connectivity index (χ1n) is 6.28. The molecule has 0 saturated carbocycles. The van der Waals surface area contributed by atoms with E-state index in [0.29, 0.717) is 13.0 Å². The third-order valence-corrected chi connectivity index (χ3v) is 4.92. The molecule has 1 saturated heterocycles. The van der Waals surface area contributed by atoms with Gasteiger partial charge in [-0.2, -0.15) is 0 Å². The molecule has 2 N–H and O–H groups in total. The van der Waals surface area contributed by atoms with E-state index in [0.717, 1.165) is 6.54 Å². The third kappa shape index (κ3) is 2.72. The summed E-state index contributed by atoms with van der Waals surface area (Å²) >= 11 is 0. The Morgan fingerprint density at radius 2 is 2.10 bits per heavy atom. The number of hydrogen-bond acceptors (Lipinski definition) is 6. The highest BCUT2D eigenvalue weighted by atomic mass is 32.2. The maximum Gasteiger partial charge on any atom is 0.342 e. The van der Waals surface area contributed by atoms with Crippen LogP contribution < -0.4 is 10.0 Å². The molecular formula is C12H18N2O5S. The van der Waals surface area contributed by atoms with Crippen LogP contribution in [-0.4, -0.2) is 40.6 Å². The Balaban J connectivity index is 2.42. The number of esters is 1. The van der Waals surface area contributed by atoms with Crippen LogP contribution in [-0.2, 0) is 14.8 Å². The van der Waals surface area contributed by atoms with Crippen molar-refractivity contribution in [2.45, 2.75) is 31.2 Å². The van der Waals surface area contributed by atoms with E-state index in [1.54, 1.807) is 0 Å². The molecule has 0 aliphatic carbocycles. The second-order valence-corrected chi connectivity index (χ2v) is 6.37. The molecule has 1 aliphatic heterocycles. The van der Waals surface area contributed by atoms with Crippen LogP contribution in [0.25, 0.3) is 0 Å². The van der Waals surface area contributed by atoms with Gasteiger partial charge in [0.1, 0.15) is 22.0 Å². The first-order chi connectivity index (χ1) is 9.36. The van der Waals surface area contributed by atoms with Crippen LogP contribution in [0.2, 0.25) is 0 Å². The monoisotopic (exact) mass is 302 g/mol. The number of ether oxygens (including phenoxy) is 1. The van der Waals surface area contributed by atoms with Crippen molar-refractivity contribution in [3.63, 3.8) is 0 Å². The van der Waals surface area contributed by atoms with Gasteiger partial charge in [-0.15, -0.1) is 0 Å². The molecule has 0 unspecified atom stereocenters. The highest BCUT2D eigenvalue weighted by Gasteiger charge is 2.33. The molecule has 2 rings (SSSR count). The number of furan rings is 1. The number of carbonyl (C=O) groups is 1. The molecule has 1 atom stereocenters. The molecular weight excluding hydrogens is 284 g/mol. The first-order valence-corrected chi connectivity index (χ1v) is 7.76. The second kappa shape index (κ2) is 5.55. The zero-order valence-electron chi connectivity index (χ0n) is 11.6. The summed E-state index contributed by atoms with van der Waals surface area (Å²) in [4.78, 5) is 11.6. The quantitative estimate of drug-likeness (QED) is 0.778. The molecule has 0 spiro atoms. The van der Waals surface area contributed by atoms with Crippen molar-refractivity contribution in [2.24, 2.45) is 0 Å². The molecule has 1 aromatic rings. The van der Waals surface area contributed by atoms with Crippen molar-refractivity contribution < 1.29 is 22.4 Å². The van der Waals surface area contributed by atoms with Gasteiger partial charge in [0, 0.05) is 12.6 Å². The van der Waals surface area contributed by atoms with Gasteiger partial charge in [-0.1, -0.05) is 0 Å². The summed E-state index contributed by atoms with van der Waals surface area (Å²) in [5, 5.41) is 3.07. The Bertz CT molecular complexity index is 614. The van der Waals surface area contributed by atoms with Gasteiger partial charge in [0.25, 0.3) is 0 Å². The molecule has 7 nitrogen and oxygen atoms in total. The van der Waals surface area contributed by atoms with Gasteiger partial charge in [0.15, 0.2) is 0 Å². The number of carbonyl (C=O) groups excluding carboxylic acids is 1. The van der Waals surface area contributed by atoms with Gasteiger partial charge in [-0.3, -0.25) is 0 Å². The molecule has 0 radical (unpaired) electrons. The van der Waals surface area contributed by atoms with Crippen molar-refractivity contribution in [1.82, 2.24) is 10.0 Å². The maximum absolute atomic E-state index is 12.5. The van der Waals surface area contributed by atoms with E-state index in [1.807, 2.05) is 0 Å². The Hall–Kier alpha value is -1.38. The summed E-state index contributed by atoms with van der Waals surface area (Å²) in [6, 6.07) is -0.180. The van der Waals surface area contributed by atoms with Crippen LogP contribution in [0.5, 0.6) is 0 Å². The zero-order valence-corrected chi connectivity index (χ0v) is 12.5. The first kappa shape index (κ1) is 15.0. The number of nitrogens with one attached hydrogen (secondary N) is 2. The largest absolute Gasteiger partial charge is 0.465 e. The van der Waals surface area contributed by atoms with E-state index in [-0.39, 0.29) is 28.0 Å². The Labute approximate surface area is 117 Å². The van der Waals surface area contributed by atoms with E-state index in [2.05, 4.69) is 14.8 Å². The lowest BCUT2D eigenvalue weighted by atomic mass is 10.2. The fourth-order valence-electron chi connectivity index (χ4n) is 2.36. The number of aryl methyl sites for hydroxylation is 2. The van der Waals surface area contributed by atoms with E-state index >= 15 is 0 Å². The van der Waals surface area contributed by atoms with Crippen molar-refractivity contribution in [2.75, 3.05) is 20.2 Å². The topological polar surface area (TPSA) is 97.6 Å². The predicted octanol–water partition coefficient (Wildman–Crippen LogP) is 0.323. The number of rotatable bonds is 4. The van der Waals surface area contributed by atoms with Crippen LogP contribution in [0.3, 0.4) is 0 Å². The SMILES string of the molecule is COC(=O)c1c(C)oc(C)c1S(=O)(=O)N[C@@H]1CCNC1. The van der Waals surface area contributed by atoms with Gasteiger partial charge in [0.05, 0.1) is 7.11 Å². The van der Waals surface area contributed by atoms with Crippen LogP contribution in [0.15, 0.2) is 9.31 Å². The molecule has 20 heavy (non-hydrogen) atoms. The van der Waals surface area contributed by atoms with Crippen LogP contribution in [0.4, 0.5) is 0 Å². The predicted molar refractivity (Wildman–Crippen MR) is 71.1 cm³/mol. The van der Waals surface area contributed by atoms with Crippen LogP contribution in [0.1, 0.15) is 28.3 Å². The van der Waals surface area contributed by atoms with Gasteiger partial charge < -0.3 is 14.5 Å². The Morgan fingerprint density at radius 1 is 1.40 bits per heavy atom. The molecule has 2 heterocycles. The van der Waals surface area contributed by atoms with E-state index in [9.17, 15) is 13.2 Å². The molecule has 0 bridgehead atoms. The van der Waals surface area contributed by atoms with Crippen molar-refractivity contribution in [3.8, 4) is 0 Å². The fraction of sp³-hybridized carbons (Fsp3) is 0.583. The average molecular weight is 302 g/mol. The summed E-state index contributed by atoms with van der Waals surface area (Å²) in [6.07, 6.45) is 0.711. The van der Waals surface area contributed by atoms with Gasteiger partial charge in [-0.25, -0.2) is 17.9 Å². The number of sulfonamides is 1. The minimum absolute atomic E-state index is 0.0385. The normalized spacial score (nSPS) is 19.2. The lowest BCUT2D eigenvalue weighted by Crippen LogP contribution is -2.37. The zero-order chi connectivity index (χ0) is 14.9. The van der Waals surface area contributed by atoms with E-state index < -0.39 is 16.0 Å². The molecule has 112 valence electrons. The van der Waals surface area contributed by atoms with E-state index in [4.69, 9.17) is 4.42 Å². The lowest BCUT2D eigenvalue weighted by Gasteiger charge is -2.12. The highest BCUT2D eigenvalue weighted by molar-refractivity contribution is 7.89. The highest BCUT2D eigenvalue weighted by Crippen LogP contribution is 2.27.